The Balaban J connectivity index is 1.36. The highest BCUT2D eigenvalue weighted by molar-refractivity contribution is 7.12. The molecule has 1 saturated heterocycles. The first-order chi connectivity index (χ1) is 15.5. The van der Waals surface area contributed by atoms with E-state index in [4.69, 9.17) is 4.74 Å². The number of thiophene rings is 1. The molecule has 2 aromatic heterocycles. The molecule has 1 aliphatic carbocycles. The van der Waals surface area contributed by atoms with Crippen LogP contribution in [0.25, 0.3) is 6.08 Å². The van der Waals surface area contributed by atoms with Crippen LogP contribution in [0.5, 0.6) is 0 Å². The van der Waals surface area contributed by atoms with E-state index in [0.717, 1.165) is 40.1 Å². The number of nitrogens with zero attached hydrogens (tertiary/aromatic N) is 3. The van der Waals surface area contributed by atoms with E-state index < -0.39 is 6.10 Å². The molecule has 0 radical (unpaired) electrons. The van der Waals surface area contributed by atoms with Gasteiger partial charge >= 0.3 is 6.09 Å². The van der Waals surface area contributed by atoms with Gasteiger partial charge in [-0.25, -0.2) is 4.79 Å². The molecule has 1 unspecified atom stereocenters. The van der Waals surface area contributed by atoms with E-state index in [-0.39, 0.29) is 24.2 Å². The molecule has 1 amide bonds. The molecule has 0 aromatic carbocycles. The molecule has 0 spiro atoms. The van der Waals surface area contributed by atoms with Crippen molar-refractivity contribution < 1.29 is 19.4 Å². The highest BCUT2D eigenvalue weighted by Gasteiger charge is 2.29. The number of carbonyl (C=O) groups excluding carboxylic acids is 2. The summed E-state index contributed by atoms with van der Waals surface area (Å²) in [5.74, 6) is 0.139. The first-order valence-electron chi connectivity index (χ1n) is 10.8. The second-order valence-corrected chi connectivity index (χ2v) is 9.44. The molecule has 2 atom stereocenters. The fourth-order valence-electron chi connectivity index (χ4n) is 4.18. The quantitative estimate of drug-likeness (QED) is 0.677. The first kappa shape index (κ1) is 22.2. The number of pyridine rings is 1. The summed E-state index contributed by atoms with van der Waals surface area (Å²) in [5.41, 5.74) is 2.53. The van der Waals surface area contributed by atoms with Crippen molar-refractivity contribution in [3.05, 3.63) is 57.0 Å². The number of rotatable bonds is 6. The molecule has 1 N–H and O–H groups in total. The summed E-state index contributed by atoms with van der Waals surface area (Å²) in [7, 11) is 0. The van der Waals surface area contributed by atoms with Crippen LogP contribution in [-0.2, 0) is 28.8 Å². The van der Waals surface area contributed by atoms with Crippen molar-refractivity contribution in [2.24, 2.45) is 5.92 Å². The van der Waals surface area contributed by atoms with Gasteiger partial charge in [-0.2, -0.15) is 5.26 Å². The van der Waals surface area contributed by atoms with Crippen LogP contribution in [0.2, 0.25) is 0 Å². The number of nitriles is 1. The van der Waals surface area contributed by atoms with Crippen molar-refractivity contribution >= 4 is 29.3 Å². The monoisotopic (exact) mass is 451 g/mol. The summed E-state index contributed by atoms with van der Waals surface area (Å²) >= 11 is 1.53. The maximum atomic E-state index is 12.5. The predicted molar refractivity (Wildman–Crippen MR) is 120 cm³/mol. The Morgan fingerprint density at radius 3 is 3.00 bits per heavy atom. The molecule has 1 aliphatic heterocycles. The van der Waals surface area contributed by atoms with Crippen molar-refractivity contribution in [1.29, 1.82) is 5.26 Å². The standard InChI is InChI=1S/C24H25N3O4S/c25-12-21-20-6-4-17(15-31-24(30)27-9-7-19(29)14-27)10-22(20)32-23(21)11-18(28)5-3-16-2-1-8-26-13-16/h1-3,5,8,13,17,19,29H,4,6-7,9-11,14-15H2/b5-3+/t17?,19-/m1/s1. The molecule has 1 fully saturated rings. The minimum Gasteiger partial charge on any atom is -0.449 e. The molecular formula is C24H25N3O4S. The minimum atomic E-state index is -0.462. The molecule has 0 saturated carbocycles. The van der Waals surface area contributed by atoms with Gasteiger partial charge in [-0.1, -0.05) is 6.07 Å². The number of hydrogen-bond acceptors (Lipinski definition) is 7. The number of β-amino-alcohol motifs (C(OH)–C–C–N with tert-alkyl or cyclic N) is 1. The topological polar surface area (TPSA) is 104 Å². The first-order valence-corrected chi connectivity index (χ1v) is 11.6. The van der Waals surface area contributed by atoms with E-state index >= 15 is 0 Å². The number of carbonyl (C=O) groups is 2. The van der Waals surface area contributed by atoms with Crippen LogP contribution < -0.4 is 0 Å². The maximum Gasteiger partial charge on any atom is 0.409 e. The van der Waals surface area contributed by atoms with Crippen LogP contribution in [-0.4, -0.2) is 52.7 Å². The van der Waals surface area contributed by atoms with Crippen LogP contribution in [0, 0.1) is 17.2 Å². The molecule has 8 heteroatoms. The Bertz CT molecular complexity index is 1060. The number of fused-ring (bicyclic) bond motifs is 1. The summed E-state index contributed by atoms with van der Waals surface area (Å²) in [6.45, 7) is 1.18. The van der Waals surface area contributed by atoms with Gasteiger partial charge in [-0.15, -0.1) is 11.3 Å². The molecule has 2 aromatic rings. The fourth-order valence-corrected chi connectivity index (χ4v) is 5.61. The van der Waals surface area contributed by atoms with Gasteiger partial charge in [0.15, 0.2) is 5.78 Å². The third-order valence-corrected chi connectivity index (χ3v) is 7.15. The summed E-state index contributed by atoms with van der Waals surface area (Å²) in [6.07, 6.45) is 8.92. The Hall–Kier alpha value is -3.02. The molecule has 3 heterocycles. The van der Waals surface area contributed by atoms with Crippen LogP contribution in [0.1, 0.15) is 39.3 Å². The van der Waals surface area contributed by atoms with Gasteiger partial charge in [0.25, 0.3) is 0 Å². The van der Waals surface area contributed by atoms with Crippen molar-refractivity contribution in [3.63, 3.8) is 0 Å². The highest BCUT2D eigenvalue weighted by Crippen LogP contribution is 2.36. The number of aromatic nitrogens is 1. The molecule has 2 aliphatic rings. The van der Waals surface area contributed by atoms with Crippen LogP contribution in [0.15, 0.2) is 30.6 Å². The number of aliphatic hydroxyl groups excluding tert-OH is 1. The number of hydrogen-bond donors (Lipinski definition) is 1. The summed E-state index contributed by atoms with van der Waals surface area (Å²) in [5, 5.41) is 19.3. The summed E-state index contributed by atoms with van der Waals surface area (Å²) < 4.78 is 5.48. The van der Waals surface area contributed by atoms with Gasteiger partial charge in [0.05, 0.1) is 18.3 Å². The summed E-state index contributed by atoms with van der Waals surface area (Å²) in [6, 6.07) is 5.99. The summed E-state index contributed by atoms with van der Waals surface area (Å²) in [4.78, 5) is 32.1. The van der Waals surface area contributed by atoms with Gasteiger partial charge < -0.3 is 14.7 Å². The SMILES string of the molecule is N#Cc1c(CC(=O)/C=C/c2cccnc2)sc2c1CCC(COC(=O)N1CC[C@@H](O)C1)C2. The Labute approximate surface area is 191 Å². The molecule has 4 rings (SSSR count). The molecule has 32 heavy (non-hydrogen) atoms. The lowest BCUT2D eigenvalue weighted by Crippen LogP contribution is -2.32. The van der Waals surface area contributed by atoms with Gasteiger partial charge in [0, 0.05) is 41.7 Å². The molecule has 7 nitrogen and oxygen atoms in total. The Morgan fingerprint density at radius 1 is 1.41 bits per heavy atom. The lowest BCUT2D eigenvalue weighted by molar-refractivity contribution is -0.113. The molecular weight excluding hydrogens is 426 g/mol. The van der Waals surface area contributed by atoms with Crippen LogP contribution in [0.4, 0.5) is 4.79 Å². The number of aliphatic hydroxyl groups is 1. The predicted octanol–water partition coefficient (Wildman–Crippen LogP) is 3.15. The van der Waals surface area contributed by atoms with Crippen molar-refractivity contribution in [2.45, 2.75) is 38.2 Å². The normalized spacial score (nSPS) is 20.2. The van der Waals surface area contributed by atoms with Crippen molar-refractivity contribution in [1.82, 2.24) is 9.88 Å². The molecule has 0 bridgehead atoms. The van der Waals surface area contributed by atoms with Gasteiger partial charge in [-0.3, -0.25) is 9.78 Å². The van der Waals surface area contributed by atoms with E-state index in [0.29, 0.717) is 31.7 Å². The molecule has 166 valence electrons. The fraction of sp³-hybridized carbons (Fsp3) is 0.417. The Morgan fingerprint density at radius 2 is 2.28 bits per heavy atom. The number of allylic oxidation sites excluding steroid dienone is 1. The van der Waals surface area contributed by atoms with Gasteiger partial charge in [-0.05, 0) is 60.9 Å². The average Bonchev–Trinajstić information content (AvgIpc) is 3.39. The average molecular weight is 452 g/mol. The number of ether oxygens (including phenoxy) is 1. The van der Waals surface area contributed by atoms with Crippen LogP contribution >= 0.6 is 11.3 Å². The van der Waals surface area contributed by atoms with Crippen molar-refractivity contribution in [2.75, 3.05) is 19.7 Å². The van der Waals surface area contributed by atoms with E-state index in [1.807, 2.05) is 12.1 Å². The number of amides is 1. The number of likely N-dealkylation sites (tertiary alicyclic amines) is 1. The van der Waals surface area contributed by atoms with E-state index in [1.165, 1.54) is 17.4 Å². The lowest BCUT2D eigenvalue weighted by atomic mass is 9.87. The zero-order valence-corrected chi connectivity index (χ0v) is 18.5. The van der Waals surface area contributed by atoms with E-state index in [2.05, 4.69) is 11.1 Å². The van der Waals surface area contributed by atoms with Gasteiger partial charge in [0.2, 0.25) is 0 Å². The van der Waals surface area contributed by atoms with Gasteiger partial charge in [0.1, 0.15) is 6.07 Å². The second-order valence-electron chi connectivity index (χ2n) is 8.25. The lowest BCUT2D eigenvalue weighted by Gasteiger charge is -2.23. The zero-order valence-electron chi connectivity index (χ0n) is 17.7. The van der Waals surface area contributed by atoms with E-state index in [9.17, 15) is 20.0 Å². The largest absolute Gasteiger partial charge is 0.449 e. The minimum absolute atomic E-state index is 0.0535. The van der Waals surface area contributed by atoms with E-state index in [1.54, 1.807) is 23.4 Å². The highest BCUT2D eigenvalue weighted by atomic mass is 32.1. The second kappa shape index (κ2) is 10.1. The smallest absolute Gasteiger partial charge is 0.409 e. The Kier molecular flexibility index (Phi) is 6.98. The maximum absolute atomic E-state index is 12.5. The third-order valence-electron chi connectivity index (χ3n) is 5.90. The van der Waals surface area contributed by atoms with Crippen molar-refractivity contribution in [3.8, 4) is 6.07 Å². The van der Waals surface area contributed by atoms with Crippen LogP contribution in [0.3, 0.4) is 0 Å². The zero-order chi connectivity index (χ0) is 22.5. The number of ketones is 1. The third kappa shape index (κ3) is 5.23.